The van der Waals surface area contributed by atoms with Crippen LogP contribution in [0.2, 0.25) is 0 Å². The maximum absolute atomic E-state index is 12.7. The molecule has 0 aliphatic carbocycles. The Morgan fingerprint density at radius 1 is 0.867 bits per heavy atom. The van der Waals surface area contributed by atoms with Gasteiger partial charge in [0.15, 0.2) is 0 Å². The number of hydrogen-bond acceptors (Lipinski definition) is 6. The topological polar surface area (TPSA) is 71.1 Å². The predicted octanol–water partition coefficient (Wildman–Crippen LogP) is 7.09. The van der Waals surface area contributed by atoms with Crippen molar-refractivity contribution in [3.05, 3.63) is 11.3 Å². The summed E-state index contributed by atoms with van der Waals surface area (Å²) >= 11 is 0. The fourth-order valence-electron chi connectivity index (χ4n) is 4.03. The Hall–Kier alpha value is -0.840. The third-order valence-corrected chi connectivity index (χ3v) is 7.31. The minimum absolute atomic E-state index is 0.119. The zero-order valence-corrected chi connectivity index (χ0v) is 19.9. The number of fused-ring (bicyclic) bond motifs is 1. The number of rotatable bonds is 16. The molecule has 0 N–H and O–H groups in total. The summed E-state index contributed by atoms with van der Waals surface area (Å²) in [4.78, 5) is 11.7. The lowest BCUT2D eigenvalue weighted by molar-refractivity contribution is -0.135. The van der Waals surface area contributed by atoms with Crippen LogP contribution >= 0.6 is 7.82 Å². The Balaban J connectivity index is 1.45. The number of carbonyl (C=O) groups excluding carboxylic acids is 1. The van der Waals surface area contributed by atoms with Gasteiger partial charge in [-0.05, 0) is 13.3 Å². The van der Waals surface area contributed by atoms with Gasteiger partial charge in [0.1, 0.15) is 12.4 Å². The summed E-state index contributed by atoms with van der Waals surface area (Å²) < 4.78 is 33.9. The summed E-state index contributed by atoms with van der Waals surface area (Å²) in [7, 11) is -3.65. The smallest absolute Gasteiger partial charge is 0.461 e. The summed E-state index contributed by atoms with van der Waals surface area (Å²) in [5.74, 6) is -0.344. The summed E-state index contributed by atoms with van der Waals surface area (Å²) in [6.07, 6.45) is 18.0. The molecule has 2 rings (SSSR count). The first kappa shape index (κ1) is 25.4. The molecule has 1 fully saturated rings. The third kappa shape index (κ3) is 9.11. The van der Waals surface area contributed by atoms with Gasteiger partial charge in [-0.1, -0.05) is 90.4 Å². The van der Waals surface area contributed by atoms with Crippen molar-refractivity contribution in [2.24, 2.45) is 5.92 Å². The normalized spacial score (nSPS) is 23.8. The SMILES string of the molecule is CCCCCCCCCCCCCCCCO[P@@]1(=O)OCC2COC(=O)C2=C(C)O1. The van der Waals surface area contributed by atoms with E-state index in [4.69, 9.17) is 18.3 Å². The number of unbranched alkanes of at least 4 members (excludes halogenated alkanes) is 13. The first-order chi connectivity index (χ1) is 14.6. The number of phosphoric acid groups is 1. The van der Waals surface area contributed by atoms with Crippen molar-refractivity contribution in [2.75, 3.05) is 19.8 Å². The monoisotopic (exact) mass is 444 g/mol. The summed E-state index contributed by atoms with van der Waals surface area (Å²) in [6, 6.07) is 0. The van der Waals surface area contributed by atoms with Crippen LogP contribution < -0.4 is 0 Å². The highest BCUT2D eigenvalue weighted by atomic mass is 31.2. The molecule has 30 heavy (non-hydrogen) atoms. The number of allylic oxidation sites excluding steroid dienone is 1. The Morgan fingerprint density at radius 3 is 1.97 bits per heavy atom. The molecular weight excluding hydrogens is 403 g/mol. The molecule has 0 amide bonds. The van der Waals surface area contributed by atoms with Crippen LogP contribution in [0.5, 0.6) is 0 Å². The molecule has 6 nitrogen and oxygen atoms in total. The molecule has 0 radical (unpaired) electrons. The average molecular weight is 445 g/mol. The molecule has 0 aromatic carbocycles. The highest BCUT2D eigenvalue weighted by molar-refractivity contribution is 7.48. The van der Waals surface area contributed by atoms with E-state index in [2.05, 4.69) is 6.92 Å². The van der Waals surface area contributed by atoms with Gasteiger partial charge in [0, 0.05) is 0 Å². The molecule has 0 bridgehead atoms. The van der Waals surface area contributed by atoms with Crippen molar-refractivity contribution in [1.82, 2.24) is 0 Å². The molecular formula is C23H41O6P. The van der Waals surface area contributed by atoms with E-state index in [9.17, 15) is 9.36 Å². The van der Waals surface area contributed by atoms with Crippen LogP contribution in [0.15, 0.2) is 11.3 Å². The van der Waals surface area contributed by atoms with E-state index in [1.54, 1.807) is 6.92 Å². The van der Waals surface area contributed by atoms with Crippen molar-refractivity contribution >= 4 is 13.8 Å². The zero-order valence-electron chi connectivity index (χ0n) is 19.0. The molecule has 0 aromatic heterocycles. The maximum atomic E-state index is 12.7. The second-order valence-corrected chi connectivity index (χ2v) is 10.1. The van der Waals surface area contributed by atoms with Gasteiger partial charge in [-0.15, -0.1) is 0 Å². The lowest BCUT2D eigenvalue weighted by Gasteiger charge is -2.17. The van der Waals surface area contributed by atoms with E-state index in [1.807, 2.05) is 0 Å². The fourth-order valence-corrected chi connectivity index (χ4v) is 5.36. The Labute approximate surface area is 182 Å². The second kappa shape index (κ2) is 14.3. The number of esters is 1. The van der Waals surface area contributed by atoms with Gasteiger partial charge >= 0.3 is 13.8 Å². The van der Waals surface area contributed by atoms with Crippen molar-refractivity contribution < 1.29 is 27.7 Å². The lowest BCUT2D eigenvalue weighted by atomic mass is 10.0. The number of phosphoric ester groups is 1. The minimum atomic E-state index is -3.65. The van der Waals surface area contributed by atoms with E-state index in [-0.39, 0.29) is 19.1 Å². The third-order valence-electron chi connectivity index (χ3n) is 5.85. The zero-order chi connectivity index (χ0) is 21.7. The van der Waals surface area contributed by atoms with Crippen LogP contribution in [0, 0.1) is 5.92 Å². The molecule has 174 valence electrons. The maximum Gasteiger partial charge on any atom is 0.529 e. The Morgan fingerprint density at radius 2 is 1.40 bits per heavy atom. The number of cyclic esters (lactones) is 1. The van der Waals surface area contributed by atoms with E-state index >= 15 is 0 Å². The van der Waals surface area contributed by atoms with Gasteiger partial charge in [-0.2, -0.15) is 0 Å². The van der Waals surface area contributed by atoms with Crippen LogP contribution in [-0.2, 0) is 27.7 Å². The number of carbonyl (C=O) groups is 1. The largest absolute Gasteiger partial charge is 0.529 e. The highest BCUT2D eigenvalue weighted by Gasteiger charge is 2.42. The second-order valence-electron chi connectivity index (χ2n) is 8.53. The summed E-state index contributed by atoms with van der Waals surface area (Å²) in [6.45, 7) is 4.58. The number of hydrogen-bond donors (Lipinski definition) is 0. The molecule has 0 saturated carbocycles. The van der Waals surface area contributed by atoms with Crippen molar-refractivity contribution in [3.8, 4) is 0 Å². The highest BCUT2D eigenvalue weighted by Crippen LogP contribution is 2.54. The van der Waals surface area contributed by atoms with Crippen molar-refractivity contribution in [2.45, 2.75) is 104 Å². The Kier molecular flexibility index (Phi) is 12.1. The van der Waals surface area contributed by atoms with Gasteiger partial charge in [-0.25, -0.2) is 9.36 Å². The lowest BCUT2D eigenvalue weighted by Crippen LogP contribution is -2.10. The molecule has 2 heterocycles. The van der Waals surface area contributed by atoms with Gasteiger partial charge in [0.2, 0.25) is 0 Å². The standard InChI is InChI=1S/C23H41O6P/c1-3-4-5-6-7-8-9-10-11-12-13-14-15-16-17-27-30(25)28-19-21-18-26-23(24)22(21)20(2)29-30/h21H,3-19H2,1-2H3/t21?,30-/m0/s1. The van der Waals surface area contributed by atoms with E-state index in [0.717, 1.165) is 12.8 Å². The fraction of sp³-hybridized carbons (Fsp3) is 0.870. The first-order valence-corrected chi connectivity index (χ1v) is 13.5. The van der Waals surface area contributed by atoms with E-state index in [1.165, 1.54) is 77.0 Å². The minimum Gasteiger partial charge on any atom is -0.461 e. The van der Waals surface area contributed by atoms with Crippen LogP contribution in [0.1, 0.15) is 104 Å². The molecule has 2 aliphatic rings. The van der Waals surface area contributed by atoms with E-state index in [0.29, 0.717) is 17.9 Å². The first-order valence-electron chi connectivity index (χ1n) is 12.0. The van der Waals surface area contributed by atoms with Gasteiger partial charge in [0.25, 0.3) is 0 Å². The number of ether oxygens (including phenoxy) is 1. The molecule has 1 saturated heterocycles. The van der Waals surface area contributed by atoms with Crippen LogP contribution in [0.3, 0.4) is 0 Å². The molecule has 0 spiro atoms. The average Bonchev–Trinajstić information content (AvgIpc) is 3.04. The summed E-state index contributed by atoms with van der Waals surface area (Å²) in [5, 5.41) is 0. The molecule has 0 aromatic rings. The molecule has 7 heteroatoms. The van der Waals surface area contributed by atoms with Crippen molar-refractivity contribution in [1.29, 1.82) is 0 Å². The van der Waals surface area contributed by atoms with Gasteiger partial charge in [-0.3, -0.25) is 9.05 Å². The van der Waals surface area contributed by atoms with Crippen molar-refractivity contribution in [3.63, 3.8) is 0 Å². The van der Waals surface area contributed by atoms with Gasteiger partial charge in [0.05, 0.1) is 24.7 Å². The molecule has 2 atom stereocenters. The van der Waals surface area contributed by atoms with Crippen LogP contribution in [0.4, 0.5) is 0 Å². The molecule has 2 aliphatic heterocycles. The van der Waals surface area contributed by atoms with Gasteiger partial charge < -0.3 is 9.26 Å². The molecule has 1 unspecified atom stereocenters. The summed E-state index contributed by atoms with van der Waals surface area (Å²) in [5.41, 5.74) is 0.424. The van der Waals surface area contributed by atoms with Crippen LogP contribution in [-0.4, -0.2) is 25.8 Å². The van der Waals surface area contributed by atoms with Crippen LogP contribution in [0.25, 0.3) is 0 Å². The Bertz CT molecular complexity index is 588. The predicted molar refractivity (Wildman–Crippen MR) is 118 cm³/mol. The quantitative estimate of drug-likeness (QED) is 0.144. The van der Waals surface area contributed by atoms with E-state index < -0.39 is 13.8 Å².